The number of hydrogen-bond donors (Lipinski definition) is 1. The first-order valence-corrected chi connectivity index (χ1v) is 10.5. The topological polar surface area (TPSA) is 76.1 Å². The number of aliphatic carboxylic acids is 1. The molecule has 6 nitrogen and oxygen atoms in total. The van der Waals surface area contributed by atoms with E-state index in [2.05, 4.69) is 0 Å². The van der Waals surface area contributed by atoms with Gasteiger partial charge in [-0.25, -0.2) is 4.79 Å². The number of thioether (sulfide) groups is 1. The fraction of sp³-hybridized carbons (Fsp3) is 0.190. The summed E-state index contributed by atoms with van der Waals surface area (Å²) in [6.45, 7) is 1.77. The third-order valence-electron chi connectivity index (χ3n) is 4.36. The van der Waals surface area contributed by atoms with Crippen LogP contribution in [-0.2, 0) is 16.2 Å². The molecule has 1 fully saturated rings. The van der Waals surface area contributed by atoms with Gasteiger partial charge in [0.15, 0.2) is 11.5 Å². The maximum Gasteiger partial charge on any atom is 0.326 e. The zero-order chi connectivity index (χ0) is 21.8. The molecule has 1 atom stereocenters. The monoisotopic (exact) mass is 463 g/mol. The molecule has 1 saturated heterocycles. The third kappa shape index (κ3) is 4.95. The molecule has 1 unspecified atom stereocenters. The summed E-state index contributed by atoms with van der Waals surface area (Å²) in [5.74, 6) is -0.484. The van der Waals surface area contributed by atoms with Crippen LogP contribution in [0.1, 0.15) is 18.1 Å². The highest BCUT2D eigenvalue weighted by atomic mass is 35.5. The number of halogens is 1. The van der Waals surface area contributed by atoms with Crippen LogP contribution in [0.15, 0.2) is 47.4 Å². The number of ether oxygens (including phenoxy) is 2. The second kappa shape index (κ2) is 9.51. The van der Waals surface area contributed by atoms with E-state index in [0.717, 1.165) is 22.2 Å². The minimum Gasteiger partial charge on any atom is -0.493 e. The van der Waals surface area contributed by atoms with Crippen LogP contribution in [0.25, 0.3) is 6.08 Å². The Bertz CT molecular complexity index is 1020. The lowest BCUT2D eigenvalue weighted by Crippen LogP contribution is -2.41. The molecule has 0 aromatic heterocycles. The number of carbonyl (C=O) groups is 2. The third-order valence-corrected chi connectivity index (χ3v) is 5.94. The van der Waals surface area contributed by atoms with E-state index in [1.165, 1.54) is 14.0 Å². The SMILES string of the molecule is COc1cc(/C=C2\SC(=S)N(C(C)C(=O)O)C2=O)ccc1OCc1ccc(Cl)cc1. The van der Waals surface area contributed by atoms with Gasteiger partial charge < -0.3 is 14.6 Å². The van der Waals surface area contributed by atoms with Crippen LogP contribution in [0.4, 0.5) is 0 Å². The highest BCUT2D eigenvalue weighted by Gasteiger charge is 2.38. The molecule has 3 rings (SSSR count). The van der Waals surface area contributed by atoms with E-state index >= 15 is 0 Å². The van der Waals surface area contributed by atoms with E-state index in [1.807, 2.05) is 12.1 Å². The molecule has 1 amide bonds. The summed E-state index contributed by atoms with van der Waals surface area (Å²) in [4.78, 5) is 25.3. The summed E-state index contributed by atoms with van der Waals surface area (Å²) in [6, 6.07) is 11.6. The molecule has 1 aliphatic heterocycles. The number of hydrogen-bond acceptors (Lipinski definition) is 6. The zero-order valence-corrected chi connectivity index (χ0v) is 18.5. The lowest BCUT2D eigenvalue weighted by molar-refractivity contribution is -0.144. The van der Waals surface area contributed by atoms with Crippen molar-refractivity contribution < 1.29 is 24.2 Å². The van der Waals surface area contributed by atoms with E-state index in [9.17, 15) is 14.7 Å². The van der Waals surface area contributed by atoms with Crippen LogP contribution in [0.2, 0.25) is 5.02 Å². The quantitative estimate of drug-likeness (QED) is 0.475. The van der Waals surface area contributed by atoms with Gasteiger partial charge in [0, 0.05) is 5.02 Å². The van der Waals surface area contributed by atoms with Gasteiger partial charge in [0.1, 0.15) is 17.0 Å². The summed E-state index contributed by atoms with van der Waals surface area (Å²) in [5, 5.41) is 9.84. The van der Waals surface area contributed by atoms with Crippen molar-refractivity contribution in [1.29, 1.82) is 0 Å². The van der Waals surface area contributed by atoms with E-state index < -0.39 is 17.9 Å². The molecular formula is C21H18ClNO5S2. The largest absolute Gasteiger partial charge is 0.493 e. The number of carboxylic acid groups (broad SMARTS) is 1. The molecule has 2 aromatic carbocycles. The van der Waals surface area contributed by atoms with Gasteiger partial charge in [-0.15, -0.1) is 0 Å². The van der Waals surface area contributed by atoms with Crippen LogP contribution >= 0.6 is 35.6 Å². The predicted octanol–water partition coefficient (Wildman–Crippen LogP) is 4.60. The van der Waals surface area contributed by atoms with Gasteiger partial charge in [-0.1, -0.05) is 53.8 Å². The molecule has 0 spiro atoms. The summed E-state index contributed by atoms with van der Waals surface area (Å²) < 4.78 is 11.5. The lowest BCUT2D eigenvalue weighted by atomic mass is 10.1. The molecule has 2 aromatic rings. The minimum atomic E-state index is -1.11. The van der Waals surface area contributed by atoms with Gasteiger partial charge in [-0.2, -0.15) is 0 Å². The fourth-order valence-electron chi connectivity index (χ4n) is 2.71. The van der Waals surface area contributed by atoms with Crippen LogP contribution in [-0.4, -0.2) is 39.4 Å². The second-order valence-electron chi connectivity index (χ2n) is 6.39. The number of methoxy groups -OCH3 is 1. The second-order valence-corrected chi connectivity index (χ2v) is 8.50. The summed E-state index contributed by atoms with van der Waals surface area (Å²) in [7, 11) is 1.53. The maximum atomic E-state index is 12.6. The average molecular weight is 464 g/mol. The molecule has 1 N–H and O–H groups in total. The molecule has 30 heavy (non-hydrogen) atoms. The summed E-state index contributed by atoms with van der Waals surface area (Å²) in [5.41, 5.74) is 1.66. The minimum absolute atomic E-state index is 0.219. The van der Waals surface area contributed by atoms with Gasteiger partial charge in [0.2, 0.25) is 0 Å². The Morgan fingerprint density at radius 1 is 1.27 bits per heavy atom. The Kier molecular flexibility index (Phi) is 7.02. The molecular weight excluding hydrogens is 446 g/mol. The van der Waals surface area contributed by atoms with E-state index in [4.69, 9.17) is 33.3 Å². The van der Waals surface area contributed by atoms with Crippen molar-refractivity contribution in [3.05, 3.63) is 63.5 Å². The Labute approximate surface area is 188 Å². The molecule has 156 valence electrons. The van der Waals surface area contributed by atoms with Crippen molar-refractivity contribution >= 4 is 57.9 Å². The van der Waals surface area contributed by atoms with E-state index in [0.29, 0.717) is 33.6 Å². The molecule has 9 heteroatoms. The summed E-state index contributed by atoms with van der Waals surface area (Å²) in [6.07, 6.45) is 1.65. The molecule has 0 aliphatic carbocycles. The smallest absolute Gasteiger partial charge is 0.326 e. The first-order chi connectivity index (χ1) is 14.3. The normalized spacial score (nSPS) is 16.1. The predicted molar refractivity (Wildman–Crippen MR) is 121 cm³/mol. The molecule has 1 aliphatic rings. The van der Waals surface area contributed by atoms with Crippen LogP contribution in [0.3, 0.4) is 0 Å². The Morgan fingerprint density at radius 2 is 1.97 bits per heavy atom. The average Bonchev–Trinajstić information content (AvgIpc) is 3.00. The molecule has 0 bridgehead atoms. The zero-order valence-electron chi connectivity index (χ0n) is 16.1. The number of amides is 1. The number of rotatable bonds is 7. The van der Waals surface area contributed by atoms with Crippen molar-refractivity contribution in [3.63, 3.8) is 0 Å². The van der Waals surface area contributed by atoms with Crippen LogP contribution in [0.5, 0.6) is 11.5 Å². The summed E-state index contributed by atoms with van der Waals surface area (Å²) >= 11 is 12.1. The number of benzene rings is 2. The highest BCUT2D eigenvalue weighted by Crippen LogP contribution is 2.36. The Balaban J connectivity index is 1.77. The van der Waals surface area contributed by atoms with Gasteiger partial charge in [-0.3, -0.25) is 9.69 Å². The van der Waals surface area contributed by atoms with Crippen molar-refractivity contribution in [2.45, 2.75) is 19.6 Å². The van der Waals surface area contributed by atoms with Gasteiger partial charge in [-0.05, 0) is 48.4 Å². The van der Waals surface area contributed by atoms with E-state index in [1.54, 1.807) is 36.4 Å². The lowest BCUT2D eigenvalue weighted by Gasteiger charge is -2.18. The number of carboxylic acids is 1. The number of nitrogens with zero attached hydrogens (tertiary/aromatic N) is 1. The van der Waals surface area contributed by atoms with Crippen molar-refractivity contribution in [2.24, 2.45) is 0 Å². The number of carbonyl (C=O) groups excluding carboxylic acids is 1. The van der Waals surface area contributed by atoms with Crippen molar-refractivity contribution in [2.75, 3.05) is 7.11 Å². The van der Waals surface area contributed by atoms with Crippen molar-refractivity contribution in [1.82, 2.24) is 4.90 Å². The Hall–Kier alpha value is -2.55. The van der Waals surface area contributed by atoms with E-state index in [-0.39, 0.29) is 4.32 Å². The number of thiocarbonyl (C=S) groups is 1. The maximum absolute atomic E-state index is 12.6. The fourth-order valence-corrected chi connectivity index (χ4v) is 4.25. The highest BCUT2D eigenvalue weighted by molar-refractivity contribution is 8.26. The van der Waals surface area contributed by atoms with Crippen LogP contribution < -0.4 is 9.47 Å². The molecule has 0 radical (unpaired) electrons. The van der Waals surface area contributed by atoms with Gasteiger partial charge >= 0.3 is 5.97 Å². The molecule has 0 saturated carbocycles. The van der Waals surface area contributed by atoms with Crippen molar-refractivity contribution in [3.8, 4) is 11.5 Å². The van der Waals surface area contributed by atoms with Gasteiger partial charge in [0.25, 0.3) is 5.91 Å². The van der Waals surface area contributed by atoms with Gasteiger partial charge in [0.05, 0.1) is 12.0 Å². The standard InChI is InChI=1S/C21H18ClNO5S2/c1-12(20(25)26)23-19(24)18(30-21(23)29)10-14-5-8-16(17(9-14)27-2)28-11-13-3-6-15(22)7-4-13/h3-10,12H,11H2,1-2H3,(H,25,26)/b18-10-. The Morgan fingerprint density at radius 3 is 2.60 bits per heavy atom. The van der Waals surface area contributed by atoms with Crippen LogP contribution in [0, 0.1) is 0 Å². The molecule has 1 heterocycles. The first-order valence-electron chi connectivity index (χ1n) is 8.85. The first kappa shape index (κ1) is 22.1.